The molecule has 0 amide bonds. The molecule has 0 bridgehead atoms. The highest BCUT2D eigenvalue weighted by Gasteiger charge is 2.15. The van der Waals surface area contributed by atoms with Gasteiger partial charge in [0.15, 0.2) is 5.96 Å². The van der Waals surface area contributed by atoms with E-state index < -0.39 is 11.6 Å². The molecule has 0 saturated carbocycles. The zero-order valence-electron chi connectivity index (χ0n) is 12.2. The van der Waals surface area contributed by atoms with Crippen molar-refractivity contribution in [3.63, 3.8) is 0 Å². The molecule has 0 aromatic heterocycles. The summed E-state index contributed by atoms with van der Waals surface area (Å²) in [6.07, 6.45) is 2.92. The first-order valence-electron chi connectivity index (χ1n) is 7.18. The third kappa shape index (κ3) is 5.30. The lowest BCUT2D eigenvalue weighted by Crippen LogP contribution is -2.41. The first-order chi connectivity index (χ1) is 10.2. The van der Waals surface area contributed by atoms with Crippen LogP contribution in [0.15, 0.2) is 23.2 Å². The monoisotopic (exact) mass is 297 g/mol. The normalized spacial score (nSPS) is 18.8. The van der Waals surface area contributed by atoms with Crippen molar-refractivity contribution in [2.75, 3.05) is 26.7 Å². The molecule has 116 valence electrons. The predicted molar refractivity (Wildman–Crippen MR) is 78.4 cm³/mol. The molecule has 2 rings (SSSR count). The molecule has 1 saturated heterocycles. The maximum Gasteiger partial charge on any atom is 0.191 e. The molecule has 1 unspecified atom stereocenters. The van der Waals surface area contributed by atoms with E-state index in [0.29, 0.717) is 31.0 Å². The summed E-state index contributed by atoms with van der Waals surface area (Å²) in [7, 11) is 1.69. The number of hydrogen-bond acceptors (Lipinski definition) is 2. The zero-order valence-corrected chi connectivity index (χ0v) is 12.2. The molecular weight excluding hydrogens is 276 g/mol. The maximum absolute atomic E-state index is 13.1. The van der Waals surface area contributed by atoms with Crippen LogP contribution in [0.25, 0.3) is 0 Å². The molecule has 4 nitrogen and oxygen atoms in total. The van der Waals surface area contributed by atoms with E-state index >= 15 is 0 Å². The van der Waals surface area contributed by atoms with Gasteiger partial charge in [0.1, 0.15) is 11.6 Å². The Morgan fingerprint density at radius 3 is 2.67 bits per heavy atom. The van der Waals surface area contributed by atoms with Gasteiger partial charge in [-0.25, -0.2) is 8.78 Å². The topological polar surface area (TPSA) is 45.7 Å². The zero-order chi connectivity index (χ0) is 15.1. The van der Waals surface area contributed by atoms with E-state index in [9.17, 15) is 8.78 Å². The number of guanidine groups is 1. The van der Waals surface area contributed by atoms with E-state index in [1.165, 1.54) is 12.1 Å². The molecule has 0 aliphatic carbocycles. The first-order valence-corrected chi connectivity index (χ1v) is 7.18. The number of nitrogens with one attached hydrogen (secondary N) is 2. The van der Waals surface area contributed by atoms with Crippen LogP contribution in [0.4, 0.5) is 8.78 Å². The fourth-order valence-corrected chi connectivity index (χ4v) is 2.32. The van der Waals surface area contributed by atoms with Gasteiger partial charge < -0.3 is 15.4 Å². The minimum atomic E-state index is -0.550. The Balaban J connectivity index is 1.72. The fourth-order valence-electron chi connectivity index (χ4n) is 2.32. The summed E-state index contributed by atoms with van der Waals surface area (Å²) in [6.45, 7) is 2.09. The predicted octanol–water partition coefficient (Wildman–Crippen LogP) is 1.85. The van der Waals surface area contributed by atoms with E-state index in [0.717, 1.165) is 25.5 Å². The van der Waals surface area contributed by atoms with Gasteiger partial charge in [-0.2, -0.15) is 0 Å². The maximum atomic E-state index is 13.1. The highest BCUT2D eigenvalue weighted by atomic mass is 19.1. The Labute approximate surface area is 123 Å². The van der Waals surface area contributed by atoms with Gasteiger partial charge in [0.25, 0.3) is 0 Å². The summed E-state index contributed by atoms with van der Waals surface area (Å²) in [5, 5.41) is 6.31. The molecule has 1 aromatic carbocycles. The van der Waals surface area contributed by atoms with E-state index in [-0.39, 0.29) is 6.10 Å². The van der Waals surface area contributed by atoms with Gasteiger partial charge >= 0.3 is 0 Å². The second-order valence-corrected chi connectivity index (χ2v) is 5.04. The highest BCUT2D eigenvalue weighted by Crippen LogP contribution is 2.10. The van der Waals surface area contributed by atoms with E-state index in [1.807, 2.05) is 0 Å². The molecular formula is C15H21F2N3O. The average Bonchev–Trinajstić information content (AvgIpc) is 2.94. The molecule has 1 fully saturated rings. The molecule has 1 heterocycles. The van der Waals surface area contributed by atoms with E-state index in [2.05, 4.69) is 15.6 Å². The van der Waals surface area contributed by atoms with Crippen molar-refractivity contribution in [2.45, 2.75) is 25.4 Å². The summed E-state index contributed by atoms with van der Waals surface area (Å²) in [4.78, 5) is 4.11. The lowest BCUT2D eigenvalue weighted by molar-refractivity contribution is 0.114. The Kier molecular flexibility index (Phi) is 5.92. The minimum Gasteiger partial charge on any atom is -0.376 e. The number of benzene rings is 1. The van der Waals surface area contributed by atoms with Gasteiger partial charge in [-0.1, -0.05) is 0 Å². The van der Waals surface area contributed by atoms with Crippen molar-refractivity contribution in [2.24, 2.45) is 4.99 Å². The minimum absolute atomic E-state index is 0.237. The van der Waals surface area contributed by atoms with Gasteiger partial charge in [0.05, 0.1) is 6.10 Å². The Hall–Kier alpha value is -1.69. The van der Waals surface area contributed by atoms with Gasteiger partial charge in [-0.05, 0) is 37.0 Å². The SMILES string of the molecule is CN=C(NCCc1cc(F)cc(F)c1)NCC1CCCO1. The molecule has 1 aromatic rings. The number of nitrogens with zero attached hydrogens (tertiary/aromatic N) is 1. The van der Waals surface area contributed by atoms with Crippen molar-refractivity contribution in [1.29, 1.82) is 0 Å². The number of aliphatic imine (C=N–C) groups is 1. The molecule has 1 aliphatic heterocycles. The van der Waals surface area contributed by atoms with Gasteiger partial charge in [-0.3, -0.25) is 4.99 Å². The van der Waals surface area contributed by atoms with Crippen LogP contribution in [0.1, 0.15) is 18.4 Å². The van der Waals surface area contributed by atoms with Crippen molar-refractivity contribution < 1.29 is 13.5 Å². The van der Waals surface area contributed by atoms with Gasteiger partial charge in [-0.15, -0.1) is 0 Å². The molecule has 1 aliphatic rings. The van der Waals surface area contributed by atoms with Crippen LogP contribution in [0, 0.1) is 11.6 Å². The Bertz CT molecular complexity index is 468. The molecule has 1 atom stereocenters. The molecule has 0 spiro atoms. The summed E-state index contributed by atoms with van der Waals surface area (Å²) < 4.78 is 31.6. The lowest BCUT2D eigenvalue weighted by atomic mass is 10.1. The summed E-state index contributed by atoms with van der Waals surface area (Å²) in [5.41, 5.74) is 0.620. The van der Waals surface area contributed by atoms with Crippen molar-refractivity contribution in [3.8, 4) is 0 Å². The number of hydrogen-bond donors (Lipinski definition) is 2. The average molecular weight is 297 g/mol. The third-order valence-electron chi connectivity index (χ3n) is 3.37. The summed E-state index contributed by atoms with van der Waals surface area (Å²) in [5.74, 6) is -0.431. The van der Waals surface area contributed by atoms with E-state index in [1.54, 1.807) is 7.05 Å². The largest absolute Gasteiger partial charge is 0.376 e. The van der Waals surface area contributed by atoms with Gasteiger partial charge in [0.2, 0.25) is 0 Å². The quantitative estimate of drug-likeness (QED) is 0.644. The smallest absolute Gasteiger partial charge is 0.191 e. The summed E-state index contributed by atoms with van der Waals surface area (Å²) >= 11 is 0. The van der Waals surface area contributed by atoms with Crippen LogP contribution < -0.4 is 10.6 Å². The second kappa shape index (κ2) is 7.93. The second-order valence-electron chi connectivity index (χ2n) is 5.04. The van der Waals surface area contributed by atoms with Crippen LogP contribution in [0.3, 0.4) is 0 Å². The van der Waals surface area contributed by atoms with Crippen molar-refractivity contribution in [1.82, 2.24) is 10.6 Å². The molecule has 6 heteroatoms. The van der Waals surface area contributed by atoms with Crippen LogP contribution >= 0.6 is 0 Å². The molecule has 21 heavy (non-hydrogen) atoms. The lowest BCUT2D eigenvalue weighted by Gasteiger charge is -2.15. The van der Waals surface area contributed by atoms with Gasteiger partial charge in [0, 0.05) is 32.8 Å². The van der Waals surface area contributed by atoms with Crippen LogP contribution in [0.5, 0.6) is 0 Å². The number of halogens is 2. The Morgan fingerprint density at radius 1 is 1.29 bits per heavy atom. The number of ether oxygens (including phenoxy) is 1. The van der Waals surface area contributed by atoms with Crippen molar-refractivity contribution in [3.05, 3.63) is 35.4 Å². The first kappa shape index (κ1) is 15.7. The van der Waals surface area contributed by atoms with Crippen LogP contribution in [0.2, 0.25) is 0 Å². The van der Waals surface area contributed by atoms with Crippen LogP contribution in [-0.2, 0) is 11.2 Å². The highest BCUT2D eigenvalue weighted by molar-refractivity contribution is 5.79. The van der Waals surface area contributed by atoms with Crippen LogP contribution in [-0.4, -0.2) is 38.8 Å². The van der Waals surface area contributed by atoms with E-state index in [4.69, 9.17) is 4.74 Å². The fraction of sp³-hybridized carbons (Fsp3) is 0.533. The molecule has 0 radical (unpaired) electrons. The standard InChI is InChI=1S/C15H21F2N3O/c1-18-15(20-10-14-3-2-6-21-14)19-5-4-11-7-12(16)9-13(17)8-11/h7-9,14H,2-6,10H2,1H3,(H2,18,19,20). The summed E-state index contributed by atoms with van der Waals surface area (Å²) in [6, 6.07) is 3.56. The third-order valence-corrected chi connectivity index (χ3v) is 3.37. The molecule has 2 N–H and O–H groups in total. The van der Waals surface area contributed by atoms with Crippen molar-refractivity contribution >= 4 is 5.96 Å². The Morgan fingerprint density at radius 2 is 2.05 bits per heavy atom. The number of rotatable bonds is 5.